The van der Waals surface area contributed by atoms with E-state index >= 15 is 0 Å². The molecule has 1 aliphatic rings. The third-order valence-corrected chi connectivity index (χ3v) is 5.02. The number of carbonyl (C=O) groups excluding carboxylic acids is 3. The first-order valence-electron chi connectivity index (χ1n) is 7.26. The van der Waals surface area contributed by atoms with Crippen LogP contribution < -0.4 is 5.32 Å². The van der Waals surface area contributed by atoms with Crippen molar-refractivity contribution in [2.24, 2.45) is 0 Å². The summed E-state index contributed by atoms with van der Waals surface area (Å²) < 4.78 is 22.9. The van der Waals surface area contributed by atoms with Gasteiger partial charge in [0.1, 0.15) is 0 Å². The van der Waals surface area contributed by atoms with Crippen molar-refractivity contribution in [3.8, 4) is 0 Å². The van der Waals surface area contributed by atoms with Crippen LogP contribution in [0, 0.1) is 0 Å². The number of fused-ring (bicyclic) bond motifs is 1. The highest BCUT2D eigenvalue weighted by Gasteiger charge is 2.33. The largest absolute Gasteiger partial charge is 0.322 e. The molecule has 0 aromatic heterocycles. The average Bonchev–Trinajstić information content (AvgIpc) is 2.79. The zero-order valence-corrected chi connectivity index (χ0v) is 14.3. The molecule has 3 amide bonds. The summed E-state index contributed by atoms with van der Waals surface area (Å²) in [5, 5.41) is 2.62. The third kappa shape index (κ3) is 3.03. The second-order valence-electron chi connectivity index (χ2n) is 5.68. The summed E-state index contributed by atoms with van der Waals surface area (Å²) >= 11 is 0. The van der Waals surface area contributed by atoms with Gasteiger partial charge in [0.25, 0.3) is 17.7 Å². The Labute approximate surface area is 144 Å². The molecule has 25 heavy (non-hydrogen) atoms. The zero-order chi connectivity index (χ0) is 18.4. The number of hydrogen-bond acceptors (Lipinski definition) is 5. The molecule has 0 atom stereocenters. The Morgan fingerprint density at radius 1 is 0.960 bits per heavy atom. The highest BCUT2D eigenvalue weighted by molar-refractivity contribution is 7.90. The van der Waals surface area contributed by atoms with Crippen LogP contribution in [-0.4, -0.2) is 44.3 Å². The van der Waals surface area contributed by atoms with Gasteiger partial charge in [0, 0.05) is 24.6 Å². The maximum absolute atomic E-state index is 12.3. The van der Waals surface area contributed by atoms with Gasteiger partial charge in [-0.15, -0.1) is 0 Å². The molecule has 1 heterocycles. The Morgan fingerprint density at radius 2 is 1.56 bits per heavy atom. The molecule has 0 radical (unpaired) electrons. The number of sulfone groups is 1. The summed E-state index contributed by atoms with van der Waals surface area (Å²) in [6, 6.07) is 10.0. The molecule has 2 aromatic carbocycles. The van der Waals surface area contributed by atoms with E-state index < -0.39 is 27.6 Å². The third-order valence-electron chi connectivity index (χ3n) is 3.89. The summed E-state index contributed by atoms with van der Waals surface area (Å²) in [5.74, 6) is -1.32. The van der Waals surface area contributed by atoms with Crippen molar-refractivity contribution in [3.05, 3.63) is 59.2 Å². The van der Waals surface area contributed by atoms with E-state index in [1.165, 1.54) is 49.5 Å². The van der Waals surface area contributed by atoms with Crippen molar-refractivity contribution in [1.29, 1.82) is 0 Å². The van der Waals surface area contributed by atoms with Gasteiger partial charge in [-0.3, -0.25) is 19.3 Å². The van der Waals surface area contributed by atoms with Gasteiger partial charge in [-0.1, -0.05) is 0 Å². The van der Waals surface area contributed by atoms with E-state index in [1.54, 1.807) is 0 Å². The van der Waals surface area contributed by atoms with Crippen molar-refractivity contribution >= 4 is 33.2 Å². The normalized spacial score (nSPS) is 13.8. The maximum atomic E-state index is 12.3. The lowest BCUT2D eigenvalue weighted by Crippen LogP contribution is -2.24. The molecule has 0 spiro atoms. The molecular weight excluding hydrogens is 344 g/mol. The van der Waals surface area contributed by atoms with Crippen molar-refractivity contribution in [2.45, 2.75) is 4.90 Å². The number of imide groups is 1. The van der Waals surface area contributed by atoms with Gasteiger partial charge < -0.3 is 5.32 Å². The number of carbonyl (C=O) groups is 3. The number of rotatable bonds is 3. The van der Waals surface area contributed by atoms with Crippen molar-refractivity contribution in [3.63, 3.8) is 0 Å². The fourth-order valence-electron chi connectivity index (χ4n) is 2.49. The number of anilines is 1. The Morgan fingerprint density at radius 3 is 2.16 bits per heavy atom. The Hall–Kier alpha value is -3.00. The smallest absolute Gasteiger partial charge is 0.261 e. The Bertz CT molecular complexity index is 1010. The Balaban J connectivity index is 1.83. The monoisotopic (exact) mass is 358 g/mol. The van der Waals surface area contributed by atoms with Crippen LogP contribution in [0.25, 0.3) is 0 Å². The predicted molar refractivity (Wildman–Crippen MR) is 90.4 cm³/mol. The lowest BCUT2D eigenvalue weighted by Gasteiger charge is -2.07. The van der Waals surface area contributed by atoms with Crippen LogP contribution >= 0.6 is 0 Å². The number of hydrogen-bond donors (Lipinski definition) is 1. The fourth-order valence-corrected chi connectivity index (χ4v) is 3.12. The summed E-state index contributed by atoms with van der Waals surface area (Å²) in [6.07, 6.45) is 1.10. The lowest BCUT2D eigenvalue weighted by atomic mass is 10.1. The van der Waals surface area contributed by atoms with E-state index in [2.05, 4.69) is 5.32 Å². The number of nitrogens with one attached hydrogen (secondary N) is 1. The second-order valence-corrected chi connectivity index (χ2v) is 7.70. The van der Waals surface area contributed by atoms with Crippen LogP contribution in [0.1, 0.15) is 31.1 Å². The topological polar surface area (TPSA) is 101 Å². The summed E-state index contributed by atoms with van der Waals surface area (Å²) in [6.45, 7) is 0. The molecule has 1 aliphatic heterocycles. The van der Waals surface area contributed by atoms with E-state index in [0.29, 0.717) is 5.69 Å². The van der Waals surface area contributed by atoms with Gasteiger partial charge in [-0.05, 0) is 42.5 Å². The lowest BCUT2D eigenvalue weighted by molar-refractivity contribution is 0.0693. The molecule has 0 aliphatic carbocycles. The minimum absolute atomic E-state index is 0.148. The fraction of sp³-hybridized carbons (Fsp3) is 0.118. The van der Waals surface area contributed by atoms with E-state index in [4.69, 9.17) is 0 Å². The van der Waals surface area contributed by atoms with Crippen molar-refractivity contribution < 1.29 is 22.8 Å². The van der Waals surface area contributed by atoms with Gasteiger partial charge in [-0.25, -0.2) is 8.42 Å². The standard InChI is InChI=1S/C17H14N2O5S/c1-19-16(21)13-8-3-10(9-14(13)17(19)22)15(20)18-11-4-6-12(7-5-11)25(2,23)24/h3-9H,1-2H3,(H,18,20). The molecule has 2 aromatic rings. The molecule has 0 fully saturated rings. The molecule has 0 bridgehead atoms. The SMILES string of the molecule is CN1C(=O)c2ccc(C(=O)Nc3ccc(S(C)(=O)=O)cc3)cc2C1=O. The maximum Gasteiger partial charge on any atom is 0.261 e. The van der Waals surface area contributed by atoms with Crippen LogP contribution in [0.5, 0.6) is 0 Å². The first-order valence-corrected chi connectivity index (χ1v) is 9.15. The minimum atomic E-state index is -3.31. The molecule has 128 valence electrons. The molecule has 1 N–H and O–H groups in total. The van der Waals surface area contributed by atoms with Crippen molar-refractivity contribution in [1.82, 2.24) is 4.90 Å². The molecule has 0 saturated carbocycles. The van der Waals surface area contributed by atoms with Crippen molar-refractivity contribution in [2.75, 3.05) is 18.6 Å². The van der Waals surface area contributed by atoms with Gasteiger partial charge in [0.2, 0.25) is 0 Å². The van der Waals surface area contributed by atoms with Crippen LogP contribution in [-0.2, 0) is 9.84 Å². The van der Waals surface area contributed by atoms with Gasteiger partial charge in [0.15, 0.2) is 9.84 Å². The molecule has 3 rings (SSSR count). The van der Waals surface area contributed by atoms with E-state index in [0.717, 1.165) is 11.2 Å². The minimum Gasteiger partial charge on any atom is -0.322 e. The summed E-state index contributed by atoms with van der Waals surface area (Å²) in [7, 11) is -1.93. The quantitative estimate of drug-likeness (QED) is 0.840. The first-order chi connectivity index (χ1) is 11.7. The van der Waals surface area contributed by atoms with Crippen LogP contribution in [0.2, 0.25) is 0 Å². The van der Waals surface area contributed by atoms with E-state index in [1.807, 2.05) is 0 Å². The highest BCUT2D eigenvalue weighted by atomic mass is 32.2. The van der Waals surface area contributed by atoms with Gasteiger partial charge in [0.05, 0.1) is 16.0 Å². The molecule has 0 unspecified atom stereocenters. The molecule has 8 heteroatoms. The van der Waals surface area contributed by atoms with E-state index in [9.17, 15) is 22.8 Å². The summed E-state index contributed by atoms with van der Waals surface area (Å²) in [4.78, 5) is 37.3. The van der Waals surface area contributed by atoms with E-state index in [-0.39, 0.29) is 21.6 Å². The molecule has 0 saturated heterocycles. The average molecular weight is 358 g/mol. The van der Waals surface area contributed by atoms with Crippen LogP contribution in [0.4, 0.5) is 5.69 Å². The predicted octanol–water partition coefficient (Wildman–Crippen LogP) is 1.57. The molecule has 7 nitrogen and oxygen atoms in total. The second kappa shape index (κ2) is 5.82. The van der Waals surface area contributed by atoms with Crippen LogP contribution in [0.3, 0.4) is 0 Å². The summed E-state index contributed by atoms with van der Waals surface area (Å²) in [5.41, 5.74) is 1.09. The van der Waals surface area contributed by atoms with Crippen LogP contribution in [0.15, 0.2) is 47.4 Å². The van der Waals surface area contributed by atoms with Gasteiger partial charge >= 0.3 is 0 Å². The highest BCUT2D eigenvalue weighted by Crippen LogP contribution is 2.23. The molecular formula is C17H14N2O5S. The first kappa shape index (κ1) is 16.8. The zero-order valence-electron chi connectivity index (χ0n) is 13.4. The number of benzene rings is 2. The number of nitrogens with zero attached hydrogens (tertiary/aromatic N) is 1. The Kier molecular flexibility index (Phi) is 3.92. The van der Waals surface area contributed by atoms with Gasteiger partial charge in [-0.2, -0.15) is 0 Å². The number of amides is 3.